The van der Waals surface area contributed by atoms with E-state index >= 15 is 0 Å². The van der Waals surface area contributed by atoms with Crippen LogP contribution in [0.5, 0.6) is 0 Å². The van der Waals surface area contributed by atoms with Gasteiger partial charge in [0.15, 0.2) is 0 Å². The van der Waals surface area contributed by atoms with Crippen LogP contribution >= 0.6 is 11.3 Å². The minimum absolute atomic E-state index is 0.469. The van der Waals surface area contributed by atoms with E-state index in [4.69, 9.17) is 0 Å². The molecule has 11 aromatic rings. The van der Waals surface area contributed by atoms with Gasteiger partial charge in [0, 0.05) is 37.1 Å². The van der Waals surface area contributed by atoms with Gasteiger partial charge in [-0.1, -0.05) is 206 Å². The van der Waals surface area contributed by atoms with Gasteiger partial charge in [0.25, 0.3) is 0 Å². The Morgan fingerprint density at radius 2 is 0.825 bits per heavy atom. The lowest BCUT2D eigenvalue weighted by Crippen LogP contribution is -2.28. The quantitative estimate of drug-likeness (QED) is 0.148. The van der Waals surface area contributed by atoms with E-state index in [0.29, 0.717) is 0 Å². The zero-order chi connectivity index (χ0) is 41.7. The number of benzene rings is 10. The molecule has 296 valence electrons. The molecule has 0 N–H and O–H groups in total. The summed E-state index contributed by atoms with van der Waals surface area (Å²) in [4.78, 5) is 2.43. The third-order valence-electron chi connectivity index (χ3n) is 13.0. The SMILES string of the molecule is c1ccc(-c2cccc(-c3ccccc3N(c3ccc(-c4cccc5c4sc4ccccc45)cc3)c3ccc(C4(c5ccccc5)c5ccccc5-c5ccccc54)cc3)c2)cc1. The van der Waals surface area contributed by atoms with Crippen LogP contribution in [0.15, 0.2) is 249 Å². The summed E-state index contributed by atoms with van der Waals surface area (Å²) in [5.74, 6) is 0. The standard InChI is InChI=1S/C61H41NS/c1-3-17-42(18-4-1)44-19-15-20-45(41-44)50-23-9-13-31-58(50)62(48-37-33-43(34-38-48)51-27-16-28-55-54-26-10-14-32-59(54)63-60(51)55)49-39-35-47(36-40-49)61(46-21-5-2-6-22-46)56-29-11-7-24-52(56)53-25-8-12-30-57(53)61/h1-41H. The first kappa shape index (κ1) is 37.0. The van der Waals surface area contributed by atoms with Crippen LogP contribution in [-0.4, -0.2) is 0 Å². The lowest BCUT2D eigenvalue weighted by atomic mass is 9.68. The van der Waals surface area contributed by atoms with E-state index in [1.165, 1.54) is 81.4 Å². The molecular formula is C61H41NS. The predicted octanol–water partition coefficient (Wildman–Crippen LogP) is 16.9. The first-order valence-corrected chi connectivity index (χ1v) is 22.5. The van der Waals surface area contributed by atoms with E-state index in [9.17, 15) is 0 Å². The Morgan fingerprint density at radius 1 is 0.317 bits per heavy atom. The summed E-state index contributed by atoms with van der Waals surface area (Å²) in [5.41, 5.74) is 17.8. The van der Waals surface area contributed by atoms with Crippen LogP contribution in [0.3, 0.4) is 0 Å². The highest BCUT2D eigenvalue weighted by Crippen LogP contribution is 2.56. The summed E-state index contributed by atoms with van der Waals surface area (Å²) in [6, 6.07) is 91.4. The molecule has 1 aliphatic rings. The third kappa shape index (κ3) is 6.06. The van der Waals surface area contributed by atoms with Gasteiger partial charge in [-0.05, 0) is 104 Å². The van der Waals surface area contributed by atoms with Crippen LogP contribution in [0.4, 0.5) is 17.1 Å². The van der Waals surface area contributed by atoms with Gasteiger partial charge in [-0.15, -0.1) is 11.3 Å². The first-order valence-electron chi connectivity index (χ1n) is 21.7. The molecule has 0 saturated heterocycles. The Hall–Kier alpha value is -7.78. The summed E-state index contributed by atoms with van der Waals surface area (Å²) in [6.07, 6.45) is 0. The molecule has 0 amide bonds. The maximum Gasteiger partial charge on any atom is 0.0713 e. The van der Waals surface area contributed by atoms with Gasteiger partial charge >= 0.3 is 0 Å². The second-order valence-electron chi connectivity index (χ2n) is 16.4. The van der Waals surface area contributed by atoms with Crippen molar-refractivity contribution in [2.75, 3.05) is 4.90 Å². The van der Waals surface area contributed by atoms with E-state index in [2.05, 4.69) is 254 Å². The van der Waals surface area contributed by atoms with Gasteiger partial charge in [-0.3, -0.25) is 0 Å². The normalized spacial score (nSPS) is 12.6. The Balaban J connectivity index is 1.03. The molecule has 12 rings (SSSR count). The fraction of sp³-hybridized carbons (Fsp3) is 0.0164. The molecule has 0 aliphatic heterocycles. The summed E-state index contributed by atoms with van der Waals surface area (Å²) < 4.78 is 2.64. The van der Waals surface area contributed by atoms with Crippen LogP contribution < -0.4 is 4.90 Å². The smallest absolute Gasteiger partial charge is 0.0713 e. The van der Waals surface area contributed by atoms with Crippen molar-refractivity contribution < 1.29 is 0 Å². The topological polar surface area (TPSA) is 3.24 Å². The molecule has 1 aliphatic carbocycles. The fourth-order valence-corrected chi connectivity index (χ4v) is 11.4. The van der Waals surface area contributed by atoms with Crippen LogP contribution in [0.1, 0.15) is 22.3 Å². The molecule has 0 atom stereocenters. The van der Waals surface area contributed by atoms with Gasteiger partial charge < -0.3 is 4.90 Å². The van der Waals surface area contributed by atoms with Gasteiger partial charge in [0.05, 0.1) is 11.1 Å². The summed E-state index contributed by atoms with van der Waals surface area (Å²) in [6.45, 7) is 0. The molecule has 0 spiro atoms. The van der Waals surface area contributed by atoms with Crippen molar-refractivity contribution in [1.82, 2.24) is 0 Å². The zero-order valence-corrected chi connectivity index (χ0v) is 35.3. The molecule has 1 aromatic heterocycles. The lowest BCUT2D eigenvalue weighted by molar-refractivity contribution is 0.768. The maximum absolute atomic E-state index is 2.43. The number of anilines is 3. The molecule has 0 saturated carbocycles. The van der Waals surface area contributed by atoms with Crippen molar-refractivity contribution in [3.63, 3.8) is 0 Å². The molecule has 63 heavy (non-hydrogen) atoms. The fourth-order valence-electron chi connectivity index (χ4n) is 10.2. The Kier molecular flexibility index (Phi) is 8.98. The van der Waals surface area contributed by atoms with Crippen LogP contribution in [0, 0.1) is 0 Å². The average molecular weight is 820 g/mol. The average Bonchev–Trinajstić information content (AvgIpc) is 3.90. The lowest BCUT2D eigenvalue weighted by Gasteiger charge is -2.34. The van der Waals surface area contributed by atoms with Crippen molar-refractivity contribution in [2.45, 2.75) is 5.41 Å². The second-order valence-corrected chi connectivity index (χ2v) is 17.4. The minimum atomic E-state index is -0.469. The van der Waals surface area contributed by atoms with E-state index in [-0.39, 0.29) is 0 Å². The maximum atomic E-state index is 2.43. The molecule has 0 fully saturated rings. The molecule has 1 heterocycles. The van der Waals surface area contributed by atoms with Crippen molar-refractivity contribution in [3.8, 4) is 44.5 Å². The molecule has 10 aromatic carbocycles. The molecule has 1 nitrogen and oxygen atoms in total. The number of rotatable bonds is 8. The highest BCUT2D eigenvalue weighted by Gasteiger charge is 2.45. The summed E-state index contributed by atoms with van der Waals surface area (Å²) >= 11 is 1.88. The van der Waals surface area contributed by atoms with Crippen molar-refractivity contribution >= 4 is 48.6 Å². The Morgan fingerprint density at radius 3 is 1.56 bits per heavy atom. The highest BCUT2D eigenvalue weighted by molar-refractivity contribution is 7.26. The number of para-hydroxylation sites is 1. The van der Waals surface area contributed by atoms with Gasteiger partial charge in [-0.2, -0.15) is 0 Å². The van der Waals surface area contributed by atoms with E-state index < -0.39 is 5.41 Å². The van der Waals surface area contributed by atoms with Crippen molar-refractivity contribution in [2.24, 2.45) is 0 Å². The molecule has 0 unspecified atom stereocenters. The van der Waals surface area contributed by atoms with Crippen molar-refractivity contribution in [1.29, 1.82) is 0 Å². The van der Waals surface area contributed by atoms with E-state index in [1.807, 2.05) is 11.3 Å². The van der Waals surface area contributed by atoms with Gasteiger partial charge in [-0.25, -0.2) is 0 Å². The van der Waals surface area contributed by atoms with E-state index in [0.717, 1.165) is 22.6 Å². The predicted molar refractivity (Wildman–Crippen MR) is 268 cm³/mol. The van der Waals surface area contributed by atoms with Crippen molar-refractivity contribution in [3.05, 3.63) is 271 Å². The summed E-state index contributed by atoms with van der Waals surface area (Å²) in [5, 5.41) is 2.63. The largest absolute Gasteiger partial charge is 0.310 e. The molecule has 2 heteroatoms. The number of fused-ring (bicyclic) bond motifs is 6. The molecular weight excluding hydrogens is 779 g/mol. The third-order valence-corrected chi connectivity index (χ3v) is 14.2. The van der Waals surface area contributed by atoms with Crippen LogP contribution in [-0.2, 0) is 5.41 Å². The Labute approximate surface area is 372 Å². The second kappa shape index (κ2) is 15.3. The van der Waals surface area contributed by atoms with Crippen LogP contribution in [0.2, 0.25) is 0 Å². The Bertz CT molecular complexity index is 3390. The number of thiophene rings is 1. The monoisotopic (exact) mass is 819 g/mol. The van der Waals surface area contributed by atoms with Gasteiger partial charge in [0.2, 0.25) is 0 Å². The first-order chi connectivity index (χ1) is 31.3. The molecule has 0 radical (unpaired) electrons. The number of hydrogen-bond acceptors (Lipinski definition) is 2. The zero-order valence-electron chi connectivity index (χ0n) is 34.5. The van der Waals surface area contributed by atoms with Gasteiger partial charge in [0.1, 0.15) is 0 Å². The highest BCUT2D eigenvalue weighted by atomic mass is 32.1. The summed E-state index contributed by atoms with van der Waals surface area (Å²) in [7, 11) is 0. The van der Waals surface area contributed by atoms with E-state index in [1.54, 1.807) is 0 Å². The minimum Gasteiger partial charge on any atom is -0.310 e. The molecule has 0 bridgehead atoms. The number of nitrogens with zero attached hydrogens (tertiary/aromatic N) is 1. The van der Waals surface area contributed by atoms with Crippen LogP contribution in [0.25, 0.3) is 64.7 Å². The number of hydrogen-bond donors (Lipinski definition) is 0.